The zero-order valence-corrected chi connectivity index (χ0v) is 11.8. The first-order valence-electron chi connectivity index (χ1n) is 5.91. The molecule has 0 aliphatic heterocycles. The topological polar surface area (TPSA) is 43.6 Å². The van der Waals surface area contributed by atoms with E-state index in [1.165, 1.54) is 0 Å². The molecule has 0 spiro atoms. The van der Waals surface area contributed by atoms with Crippen LogP contribution in [0.1, 0.15) is 25.8 Å². The molecule has 4 nitrogen and oxygen atoms in total. The Morgan fingerprint density at radius 1 is 1.17 bits per heavy atom. The first kappa shape index (κ1) is 13.3. The average molecular weight is 285 g/mol. The summed E-state index contributed by atoms with van der Waals surface area (Å²) in [5, 5.41) is 5.06. The molecule has 0 radical (unpaired) electrons. The van der Waals surface area contributed by atoms with Crippen molar-refractivity contribution in [3.05, 3.63) is 28.1 Å². The molecule has 2 aromatic rings. The summed E-state index contributed by atoms with van der Waals surface area (Å²) in [6, 6.07) is 1.86. The van der Waals surface area contributed by atoms with Crippen LogP contribution in [0.25, 0.3) is 11.5 Å². The van der Waals surface area contributed by atoms with Crippen LogP contribution in [0.15, 0.2) is 12.3 Å². The number of aryl methyl sites for hydroxylation is 1. The van der Waals surface area contributed by atoms with Gasteiger partial charge in [-0.15, -0.1) is 0 Å². The van der Waals surface area contributed by atoms with Crippen molar-refractivity contribution in [2.75, 3.05) is 0 Å². The van der Waals surface area contributed by atoms with Gasteiger partial charge in [0.2, 0.25) is 0 Å². The summed E-state index contributed by atoms with van der Waals surface area (Å²) in [7, 11) is 0. The number of rotatable bonds is 4. The van der Waals surface area contributed by atoms with Gasteiger partial charge in [0.15, 0.2) is 5.82 Å². The van der Waals surface area contributed by atoms with E-state index in [-0.39, 0.29) is 0 Å². The lowest BCUT2D eigenvalue weighted by Gasteiger charge is -2.08. The molecule has 0 atom stereocenters. The lowest BCUT2D eigenvalue weighted by molar-refractivity contribution is 0.606. The number of hydrogen-bond acceptors (Lipinski definition) is 3. The summed E-state index contributed by atoms with van der Waals surface area (Å²) >= 11 is 12.2. The van der Waals surface area contributed by atoms with E-state index in [1.807, 2.05) is 17.7 Å². The summed E-state index contributed by atoms with van der Waals surface area (Å²) < 4.78 is 1.85. The van der Waals surface area contributed by atoms with Crippen LogP contribution >= 0.6 is 23.2 Å². The number of hydrogen-bond donors (Lipinski definition) is 0. The quantitative estimate of drug-likeness (QED) is 0.806. The largest absolute Gasteiger partial charge is 0.262 e. The third-order valence-corrected chi connectivity index (χ3v) is 3.27. The van der Waals surface area contributed by atoms with E-state index in [2.05, 4.69) is 22.0 Å². The van der Waals surface area contributed by atoms with Crippen molar-refractivity contribution in [2.45, 2.75) is 33.2 Å². The van der Waals surface area contributed by atoms with E-state index in [9.17, 15) is 0 Å². The lowest BCUT2D eigenvalue weighted by atomic mass is 10.2. The summed E-state index contributed by atoms with van der Waals surface area (Å²) in [6.07, 6.45) is 3.43. The SMILES string of the molecule is CCCn1nccc1-c1nc(Cl)c(CC)c(Cl)n1. The van der Waals surface area contributed by atoms with Crippen molar-refractivity contribution in [1.82, 2.24) is 19.7 Å². The van der Waals surface area contributed by atoms with Crippen LogP contribution in [-0.4, -0.2) is 19.7 Å². The van der Waals surface area contributed by atoms with Crippen molar-refractivity contribution < 1.29 is 0 Å². The van der Waals surface area contributed by atoms with Crippen LogP contribution in [0.4, 0.5) is 0 Å². The minimum atomic E-state index is 0.414. The van der Waals surface area contributed by atoms with Crippen molar-refractivity contribution in [3.8, 4) is 11.5 Å². The fourth-order valence-electron chi connectivity index (χ4n) is 1.75. The molecule has 0 amide bonds. The molecule has 0 N–H and O–H groups in total. The highest BCUT2D eigenvalue weighted by molar-refractivity contribution is 6.34. The maximum atomic E-state index is 6.12. The molecule has 18 heavy (non-hydrogen) atoms. The number of nitrogens with zero attached hydrogens (tertiary/aromatic N) is 4. The van der Waals surface area contributed by atoms with Gasteiger partial charge in [0.1, 0.15) is 16.0 Å². The number of halogens is 2. The van der Waals surface area contributed by atoms with E-state index >= 15 is 0 Å². The van der Waals surface area contributed by atoms with E-state index in [0.717, 1.165) is 24.2 Å². The molecule has 0 unspecified atom stereocenters. The third kappa shape index (κ3) is 2.49. The molecule has 0 bridgehead atoms. The summed E-state index contributed by atoms with van der Waals surface area (Å²) in [5.74, 6) is 0.521. The van der Waals surface area contributed by atoms with Crippen LogP contribution in [0, 0.1) is 0 Å². The van der Waals surface area contributed by atoms with Gasteiger partial charge in [-0.25, -0.2) is 9.97 Å². The van der Waals surface area contributed by atoms with E-state index in [4.69, 9.17) is 23.2 Å². The van der Waals surface area contributed by atoms with Crippen LogP contribution in [0.3, 0.4) is 0 Å². The summed E-state index contributed by atoms with van der Waals surface area (Å²) in [6.45, 7) is 4.88. The Morgan fingerprint density at radius 3 is 2.39 bits per heavy atom. The molecule has 0 aromatic carbocycles. The summed E-state index contributed by atoms with van der Waals surface area (Å²) in [5.41, 5.74) is 1.62. The Bertz CT molecular complexity index is 528. The molecule has 0 aliphatic carbocycles. The van der Waals surface area contributed by atoms with E-state index in [0.29, 0.717) is 22.6 Å². The van der Waals surface area contributed by atoms with Gasteiger partial charge in [-0.1, -0.05) is 37.0 Å². The molecule has 2 rings (SSSR count). The molecule has 2 aromatic heterocycles. The minimum Gasteiger partial charge on any atom is -0.262 e. The van der Waals surface area contributed by atoms with Crippen molar-refractivity contribution in [3.63, 3.8) is 0 Å². The van der Waals surface area contributed by atoms with Crippen LogP contribution in [-0.2, 0) is 13.0 Å². The van der Waals surface area contributed by atoms with Crippen LogP contribution in [0.5, 0.6) is 0 Å². The normalized spacial score (nSPS) is 10.9. The molecule has 6 heteroatoms. The number of aromatic nitrogens is 4. The molecule has 0 saturated heterocycles. The highest BCUT2D eigenvalue weighted by Gasteiger charge is 2.14. The molecule has 96 valence electrons. The Hall–Kier alpha value is -1.13. The third-order valence-electron chi connectivity index (χ3n) is 2.64. The van der Waals surface area contributed by atoms with Crippen molar-refractivity contribution >= 4 is 23.2 Å². The Kier molecular flexibility index (Phi) is 4.19. The average Bonchev–Trinajstić information content (AvgIpc) is 2.77. The predicted octanol–water partition coefficient (Wildman–Crippen LogP) is 3.62. The van der Waals surface area contributed by atoms with Crippen LogP contribution < -0.4 is 0 Å². The molecular formula is C12H14Cl2N4. The smallest absolute Gasteiger partial charge is 0.180 e. The zero-order valence-electron chi connectivity index (χ0n) is 10.3. The Labute approximate surface area is 116 Å². The molecular weight excluding hydrogens is 271 g/mol. The first-order valence-corrected chi connectivity index (χ1v) is 6.67. The predicted molar refractivity (Wildman–Crippen MR) is 72.9 cm³/mol. The maximum absolute atomic E-state index is 6.12. The monoisotopic (exact) mass is 284 g/mol. The highest BCUT2D eigenvalue weighted by atomic mass is 35.5. The first-order chi connectivity index (χ1) is 8.67. The zero-order chi connectivity index (χ0) is 13.1. The fourth-order valence-corrected chi connectivity index (χ4v) is 2.40. The van der Waals surface area contributed by atoms with Crippen molar-refractivity contribution in [1.29, 1.82) is 0 Å². The molecule has 0 aliphatic rings. The van der Waals surface area contributed by atoms with Gasteiger partial charge in [0, 0.05) is 18.3 Å². The van der Waals surface area contributed by atoms with Gasteiger partial charge in [-0.05, 0) is 18.9 Å². The Balaban J connectivity index is 2.48. The van der Waals surface area contributed by atoms with Gasteiger partial charge in [-0.2, -0.15) is 5.10 Å². The molecule has 0 fully saturated rings. The maximum Gasteiger partial charge on any atom is 0.180 e. The van der Waals surface area contributed by atoms with Gasteiger partial charge in [-0.3, -0.25) is 4.68 Å². The van der Waals surface area contributed by atoms with Gasteiger partial charge in [0.05, 0.1) is 0 Å². The van der Waals surface area contributed by atoms with Gasteiger partial charge >= 0.3 is 0 Å². The van der Waals surface area contributed by atoms with Crippen LogP contribution in [0.2, 0.25) is 10.3 Å². The lowest BCUT2D eigenvalue weighted by Crippen LogP contribution is -2.04. The van der Waals surface area contributed by atoms with E-state index in [1.54, 1.807) is 6.20 Å². The standard InChI is InChI=1S/C12H14Cl2N4/c1-3-7-18-9(5-6-15-18)12-16-10(13)8(4-2)11(14)17-12/h5-6H,3-4,7H2,1-2H3. The van der Waals surface area contributed by atoms with E-state index < -0.39 is 0 Å². The highest BCUT2D eigenvalue weighted by Crippen LogP contribution is 2.25. The molecule has 0 saturated carbocycles. The second-order valence-electron chi connectivity index (χ2n) is 3.90. The Morgan fingerprint density at radius 2 is 1.83 bits per heavy atom. The van der Waals surface area contributed by atoms with Gasteiger partial charge in [0.25, 0.3) is 0 Å². The second-order valence-corrected chi connectivity index (χ2v) is 4.62. The van der Waals surface area contributed by atoms with Crippen molar-refractivity contribution in [2.24, 2.45) is 0 Å². The minimum absolute atomic E-state index is 0.414. The summed E-state index contributed by atoms with van der Waals surface area (Å²) in [4.78, 5) is 8.60. The van der Waals surface area contributed by atoms with Gasteiger partial charge < -0.3 is 0 Å². The molecule has 2 heterocycles. The fraction of sp³-hybridized carbons (Fsp3) is 0.417. The second kappa shape index (κ2) is 5.67.